The van der Waals surface area contributed by atoms with Crippen molar-refractivity contribution in [3.05, 3.63) is 0 Å². The standard InChI is InChI=1S/C13H22N2O3/c1-9(2)14(3)12(18)15-7-10-5-4-6-13(10,8-15)11(16)17/h9-10H,4-8H2,1-3H3,(H,16,17)/t10-,13+/m0/s1. The lowest BCUT2D eigenvalue weighted by Crippen LogP contribution is -2.44. The zero-order valence-corrected chi connectivity index (χ0v) is 11.3. The predicted molar refractivity (Wildman–Crippen MR) is 67.3 cm³/mol. The van der Waals surface area contributed by atoms with Crippen LogP contribution in [-0.4, -0.2) is 53.1 Å². The molecule has 1 aliphatic carbocycles. The van der Waals surface area contributed by atoms with Crippen molar-refractivity contribution in [2.45, 2.75) is 39.2 Å². The number of rotatable bonds is 2. The molecule has 1 N–H and O–H groups in total. The molecule has 5 nitrogen and oxygen atoms in total. The van der Waals surface area contributed by atoms with Crippen molar-refractivity contribution in [1.29, 1.82) is 0 Å². The number of urea groups is 1. The molecular weight excluding hydrogens is 232 g/mol. The highest BCUT2D eigenvalue weighted by molar-refractivity contribution is 5.80. The molecule has 2 rings (SSSR count). The van der Waals surface area contributed by atoms with Crippen molar-refractivity contribution in [3.8, 4) is 0 Å². The first-order valence-electron chi connectivity index (χ1n) is 6.63. The lowest BCUT2D eigenvalue weighted by Gasteiger charge is -2.29. The van der Waals surface area contributed by atoms with Gasteiger partial charge in [-0.15, -0.1) is 0 Å². The largest absolute Gasteiger partial charge is 0.481 e. The summed E-state index contributed by atoms with van der Waals surface area (Å²) in [4.78, 5) is 27.2. The summed E-state index contributed by atoms with van der Waals surface area (Å²) < 4.78 is 0. The smallest absolute Gasteiger partial charge is 0.320 e. The Morgan fingerprint density at radius 3 is 2.61 bits per heavy atom. The molecule has 2 fully saturated rings. The van der Waals surface area contributed by atoms with Gasteiger partial charge in [-0.05, 0) is 32.6 Å². The van der Waals surface area contributed by atoms with Crippen LogP contribution in [0, 0.1) is 11.3 Å². The van der Waals surface area contributed by atoms with Gasteiger partial charge in [0.2, 0.25) is 0 Å². The van der Waals surface area contributed by atoms with Gasteiger partial charge in [0, 0.05) is 26.2 Å². The van der Waals surface area contributed by atoms with E-state index in [4.69, 9.17) is 0 Å². The number of aliphatic carboxylic acids is 1. The fraction of sp³-hybridized carbons (Fsp3) is 0.846. The van der Waals surface area contributed by atoms with Gasteiger partial charge >= 0.3 is 12.0 Å². The summed E-state index contributed by atoms with van der Waals surface area (Å²) in [5.74, 6) is -0.591. The SMILES string of the molecule is CC(C)N(C)C(=O)N1C[C@@H]2CCC[C@@]2(C(=O)O)C1. The van der Waals surface area contributed by atoms with Crippen LogP contribution in [0.2, 0.25) is 0 Å². The Hall–Kier alpha value is -1.26. The first kappa shape index (κ1) is 13.2. The fourth-order valence-corrected chi connectivity index (χ4v) is 3.23. The molecule has 5 heteroatoms. The van der Waals surface area contributed by atoms with E-state index >= 15 is 0 Å². The summed E-state index contributed by atoms with van der Waals surface area (Å²) in [6.45, 7) is 4.90. The summed E-state index contributed by atoms with van der Waals surface area (Å²) in [6.07, 6.45) is 2.61. The third kappa shape index (κ3) is 1.85. The third-order valence-electron chi connectivity index (χ3n) is 4.64. The second-order valence-corrected chi connectivity index (χ2v) is 5.92. The van der Waals surface area contributed by atoms with E-state index in [2.05, 4.69) is 0 Å². The Morgan fingerprint density at radius 2 is 2.11 bits per heavy atom. The van der Waals surface area contributed by atoms with Gasteiger partial charge in [-0.1, -0.05) is 6.42 Å². The number of likely N-dealkylation sites (tertiary alicyclic amines) is 1. The number of fused-ring (bicyclic) bond motifs is 1. The minimum atomic E-state index is -0.729. The van der Waals surface area contributed by atoms with E-state index in [1.165, 1.54) is 0 Å². The van der Waals surface area contributed by atoms with Crippen LogP contribution in [0.25, 0.3) is 0 Å². The van der Waals surface area contributed by atoms with E-state index in [1.807, 2.05) is 13.8 Å². The van der Waals surface area contributed by atoms with Crippen molar-refractivity contribution in [3.63, 3.8) is 0 Å². The van der Waals surface area contributed by atoms with Crippen LogP contribution in [0.5, 0.6) is 0 Å². The van der Waals surface area contributed by atoms with Crippen molar-refractivity contribution in [2.75, 3.05) is 20.1 Å². The maximum Gasteiger partial charge on any atom is 0.320 e. The van der Waals surface area contributed by atoms with E-state index in [9.17, 15) is 14.7 Å². The molecule has 0 spiro atoms. The van der Waals surface area contributed by atoms with Crippen LogP contribution >= 0.6 is 0 Å². The van der Waals surface area contributed by atoms with Crippen LogP contribution in [-0.2, 0) is 4.79 Å². The Labute approximate surface area is 108 Å². The van der Waals surface area contributed by atoms with Crippen LogP contribution < -0.4 is 0 Å². The molecule has 0 aromatic rings. The van der Waals surface area contributed by atoms with Gasteiger partial charge in [0.15, 0.2) is 0 Å². The van der Waals surface area contributed by atoms with Gasteiger partial charge in [0.05, 0.1) is 5.41 Å². The molecule has 18 heavy (non-hydrogen) atoms. The van der Waals surface area contributed by atoms with Crippen molar-refractivity contribution in [1.82, 2.24) is 9.80 Å². The van der Waals surface area contributed by atoms with Crippen LogP contribution in [0.15, 0.2) is 0 Å². The Bertz CT molecular complexity index is 369. The summed E-state index contributed by atoms with van der Waals surface area (Å²) >= 11 is 0. The average molecular weight is 254 g/mol. The topological polar surface area (TPSA) is 60.9 Å². The third-order valence-corrected chi connectivity index (χ3v) is 4.64. The minimum Gasteiger partial charge on any atom is -0.481 e. The monoisotopic (exact) mass is 254 g/mol. The molecule has 0 unspecified atom stereocenters. The van der Waals surface area contributed by atoms with Crippen molar-refractivity contribution in [2.24, 2.45) is 11.3 Å². The van der Waals surface area contributed by atoms with E-state index in [0.717, 1.165) is 12.8 Å². The van der Waals surface area contributed by atoms with Crippen LogP contribution in [0.1, 0.15) is 33.1 Å². The second-order valence-electron chi connectivity index (χ2n) is 5.92. The first-order chi connectivity index (χ1) is 8.38. The zero-order chi connectivity index (χ0) is 13.5. The summed E-state index contributed by atoms with van der Waals surface area (Å²) in [5, 5.41) is 9.47. The molecule has 1 heterocycles. The molecule has 2 atom stereocenters. The number of hydrogen-bond donors (Lipinski definition) is 1. The lowest BCUT2D eigenvalue weighted by molar-refractivity contribution is -0.149. The maximum absolute atomic E-state index is 12.2. The Morgan fingerprint density at radius 1 is 1.44 bits per heavy atom. The van der Waals surface area contributed by atoms with Gasteiger partial charge in [-0.3, -0.25) is 4.79 Å². The quantitative estimate of drug-likeness (QED) is 0.814. The summed E-state index contributed by atoms with van der Waals surface area (Å²) in [7, 11) is 1.77. The molecule has 1 saturated heterocycles. The normalized spacial score (nSPS) is 30.7. The fourth-order valence-electron chi connectivity index (χ4n) is 3.23. The molecule has 2 aliphatic rings. The van der Waals surface area contributed by atoms with Crippen molar-refractivity contribution < 1.29 is 14.7 Å². The molecule has 102 valence electrons. The molecule has 0 radical (unpaired) electrons. The minimum absolute atomic E-state index is 0.0416. The number of carbonyl (C=O) groups is 2. The van der Waals surface area contributed by atoms with E-state index in [0.29, 0.717) is 19.5 Å². The molecule has 2 amide bonds. The second kappa shape index (κ2) is 4.44. The molecule has 1 saturated carbocycles. The number of hydrogen-bond acceptors (Lipinski definition) is 2. The molecule has 0 bridgehead atoms. The molecular formula is C13H22N2O3. The zero-order valence-electron chi connectivity index (χ0n) is 11.3. The average Bonchev–Trinajstić information content (AvgIpc) is 2.83. The van der Waals surface area contributed by atoms with E-state index in [1.54, 1.807) is 16.8 Å². The number of carboxylic acid groups (broad SMARTS) is 1. The van der Waals surface area contributed by atoms with E-state index in [-0.39, 0.29) is 18.0 Å². The first-order valence-corrected chi connectivity index (χ1v) is 6.63. The number of carbonyl (C=O) groups excluding carboxylic acids is 1. The van der Waals surface area contributed by atoms with Crippen molar-refractivity contribution >= 4 is 12.0 Å². The number of nitrogens with zero attached hydrogens (tertiary/aromatic N) is 2. The maximum atomic E-state index is 12.2. The summed E-state index contributed by atoms with van der Waals surface area (Å²) in [5.41, 5.74) is -0.673. The van der Waals surface area contributed by atoms with E-state index < -0.39 is 11.4 Å². The van der Waals surface area contributed by atoms with Crippen LogP contribution in [0.4, 0.5) is 4.79 Å². The van der Waals surface area contributed by atoms with Gasteiger partial charge in [0.1, 0.15) is 0 Å². The highest BCUT2D eigenvalue weighted by atomic mass is 16.4. The molecule has 0 aromatic heterocycles. The molecule has 1 aliphatic heterocycles. The number of amides is 2. The van der Waals surface area contributed by atoms with Crippen LogP contribution in [0.3, 0.4) is 0 Å². The summed E-state index contributed by atoms with van der Waals surface area (Å²) in [6, 6.07) is 0.0961. The van der Waals surface area contributed by atoms with Gasteiger partial charge < -0.3 is 14.9 Å². The molecule has 0 aromatic carbocycles. The van der Waals surface area contributed by atoms with Gasteiger partial charge in [-0.2, -0.15) is 0 Å². The Balaban J connectivity index is 2.12. The van der Waals surface area contributed by atoms with Gasteiger partial charge in [0.25, 0.3) is 0 Å². The van der Waals surface area contributed by atoms with Gasteiger partial charge in [-0.25, -0.2) is 4.79 Å². The lowest BCUT2D eigenvalue weighted by atomic mass is 9.81. The Kier molecular flexibility index (Phi) is 3.25. The highest BCUT2D eigenvalue weighted by Gasteiger charge is 2.56. The highest BCUT2D eigenvalue weighted by Crippen LogP contribution is 2.49. The predicted octanol–water partition coefficient (Wildman–Crippen LogP) is 1.63. The number of carboxylic acids is 1.